The molecular weight excluding hydrogens is 314 g/mol. The Kier molecular flexibility index (Phi) is 5.78. The van der Waals surface area contributed by atoms with Gasteiger partial charge in [0.2, 0.25) is 10.0 Å². The number of nitrogens with one attached hydrogen (secondary N) is 2. The average molecular weight is 340 g/mol. The molecule has 0 aromatic heterocycles. The van der Waals surface area contributed by atoms with Crippen molar-refractivity contribution in [3.63, 3.8) is 0 Å². The fourth-order valence-electron chi connectivity index (χ4n) is 2.85. The Hall–Kier alpha value is -1.44. The number of likely N-dealkylation sites (tertiary alicyclic amines) is 1. The number of hydrogen-bond donors (Lipinski definition) is 2. The van der Waals surface area contributed by atoms with Gasteiger partial charge in [-0.25, -0.2) is 12.7 Å². The minimum atomic E-state index is -3.44. The van der Waals surface area contributed by atoms with E-state index in [2.05, 4.69) is 12.2 Å². The van der Waals surface area contributed by atoms with Crippen LogP contribution in [0.5, 0.6) is 0 Å². The standard InChI is InChI=1S/C16H25N3O3S/c1-13-6-4-5-11-19(13)12-16(20)17-14-7-9-15(10-8-14)23(21,22)18(2)3/h7-10,13H,4-6,11-12H2,1-3H3,(H,17,20)/p+1/t13-/m0/s1. The highest BCUT2D eigenvalue weighted by molar-refractivity contribution is 7.89. The molecule has 1 amide bonds. The molecular formula is C16H26N3O3S+. The van der Waals surface area contributed by atoms with Crippen LogP contribution in [-0.4, -0.2) is 51.9 Å². The van der Waals surface area contributed by atoms with Crippen LogP contribution in [0.2, 0.25) is 0 Å². The zero-order valence-corrected chi connectivity index (χ0v) is 14.8. The fourth-order valence-corrected chi connectivity index (χ4v) is 3.75. The minimum Gasteiger partial charge on any atom is -0.325 e. The monoisotopic (exact) mass is 340 g/mol. The number of amides is 1. The molecule has 0 saturated carbocycles. The van der Waals surface area contributed by atoms with Gasteiger partial charge in [0.15, 0.2) is 6.54 Å². The molecule has 1 aliphatic rings. The van der Waals surface area contributed by atoms with Gasteiger partial charge in [-0.15, -0.1) is 0 Å². The topological polar surface area (TPSA) is 70.9 Å². The molecule has 1 fully saturated rings. The van der Waals surface area contributed by atoms with Crippen molar-refractivity contribution in [3.8, 4) is 0 Å². The van der Waals surface area contributed by atoms with Crippen molar-refractivity contribution in [3.05, 3.63) is 24.3 Å². The van der Waals surface area contributed by atoms with Crippen LogP contribution in [0, 0.1) is 0 Å². The van der Waals surface area contributed by atoms with E-state index in [0.717, 1.165) is 6.54 Å². The number of carbonyl (C=O) groups is 1. The summed E-state index contributed by atoms with van der Waals surface area (Å²) in [7, 11) is -0.448. The molecule has 6 nitrogen and oxygen atoms in total. The SMILES string of the molecule is C[C@H]1CCCC[NH+]1CC(=O)Nc1ccc(S(=O)(=O)N(C)C)cc1. The van der Waals surface area contributed by atoms with Crippen LogP contribution in [0.25, 0.3) is 0 Å². The van der Waals surface area contributed by atoms with Gasteiger partial charge in [-0.1, -0.05) is 0 Å². The minimum absolute atomic E-state index is 0.0306. The van der Waals surface area contributed by atoms with E-state index in [1.54, 1.807) is 12.1 Å². The van der Waals surface area contributed by atoms with E-state index < -0.39 is 10.0 Å². The summed E-state index contributed by atoms with van der Waals surface area (Å²) in [6.07, 6.45) is 3.58. The molecule has 7 heteroatoms. The summed E-state index contributed by atoms with van der Waals surface area (Å²) >= 11 is 0. The van der Waals surface area contributed by atoms with E-state index in [1.165, 1.54) is 54.7 Å². The van der Waals surface area contributed by atoms with E-state index >= 15 is 0 Å². The molecule has 2 rings (SSSR count). The summed E-state index contributed by atoms with van der Waals surface area (Å²) in [5, 5.41) is 2.85. The Morgan fingerprint density at radius 2 is 1.91 bits per heavy atom. The molecule has 1 heterocycles. The summed E-state index contributed by atoms with van der Waals surface area (Å²) in [4.78, 5) is 13.7. The predicted octanol–water partition coefficient (Wildman–Crippen LogP) is 0.333. The third kappa shape index (κ3) is 4.53. The number of benzene rings is 1. The molecule has 2 atom stereocenters. The molecule has 23 heavy (non-hydrogen) atoms. The molecule has 0 bridgehead atoms. The largest absolute Gasteiger partial charge is 0.325 e. The Bertz CT molecular complexity index is 641. The lowest BCUT2D eigenvalue weighted by atomic mass is 10.0. The van der Waals surface area contributed by atoms with Gasteiger partial charge < -0.3 is 10.2 Å². The number of anilines is 1. The lowest BCUT2D eigenvalue weighted by Crippen LogP contribution is -3.17. The molecule has 0 radical (unpaired) electrons. The third-order valence-electron chi connectivity index (χ3n) is 4.39. The number of rotatable bonds is 5. The number of quaternary nitrogens is 1. The average Bonchev–Trinajstić information content (AvgIpc) is 2.50. The van der Waals surface area contributed by atoms with Crippen molar-refractivity contribution in [1.29, 1.82) is 0 Å². The number of nitrogens with zero attached hydrogens (tertiary/aromatic N) is 1. The highest BCUT2D eigenvalue weighted by atomic mass is 32.2. The van der Waals surface area contributed by atoms with E-state index in [9.17, 15) is 13.2 Å². The van der Waals surface area contributed by atoms with Crippen LogP contribution < -0.4 is 10.2 Å². The molecule has 0 aliphatic carbocycles. The normalized spacial score (nSPS) is 22.1. The third-order valence-corrected chi connectivity index (χ3v) is 6.22. The van der Waals surface area contributed by atoms with Crippen molar-refractivity contribution in [2.45, 2.75) is 37.1 Å². The maximum Gasteiger partial charge on any atom is 0.279 e. The summed E-state index contributed by atoms with van der Waals surface area (Å²) in [6, 6.07) is 6.80. The molecule has 0 spiro atoms. The molecule has 1 aromatic carbocycles. The molecule has 1 aromatic rings. The molecule has 1 unspecified atom stereocenters. The summed E-state index contributed by atoms with van der Waals surface area (Å²) in [5.41, 5.74) is 0.622. The van der Waals surface area contributed by atoms with Gasteiger partial charge in [0.1, 0.15) is 0 Å². The van der Waals surface area contributed by atoms with Crippen LogP contribution in [-0.2, 0) is 14.8 Å². The lowest BCUT2D eigenvalue weighted by Gasteiger charge is -2.29. The maximum absolute atomic E-state index is 12.2. The number of piperidine rings is 1. The second-order valence-corrected chi connectivity index (χ2v) is 8.49. The number of carbonyl (C=O) groups excluding carboxylic acids is 1. The second-order valence-electron chi connectivity index (χ2n) is 6.34. The van der Waals surface area contributed by atoms with Crippen LogP contribution >= 0.6 is 0 Å². The van der Waals surface area contributed by atoms with Gasteiger partial charge in [-0.3, -0.25) is 4.79 Å². The lowest BCUT2D eigenvalue weighted by molar-refractivity contribution is -0.920. The van der Waals surface area contributed by atoms with E-state index in [1.807, 2.05) is 0 Å². The smallest absolute Gasteiger partial charge is 0.279 e. The Labute approximate surface area is 138 Å². The summed E-state index contributed by atoms with van der Waals surface area (Å²) in [5.74, 6) is -0.0306. The molecule has 128 valence electrons. The van der Waals surface area contributed by atoms with Crippen LogP contribution in [0.4, 0.5) is 5.69 Å². The quantitative estimate of drug-likeness (QED) is 0.812. The molecule has 2 N–H and O–H groups in total. The van der Waals surface area contributed by atoms with E-state index in [4.69, 9.17) is 0 Å². The number of sulfonamides is 1. The van der Waals surface area contributed by atoms with Gasteiger partial charge in [-0.05, 0) is 50.5 Å². The summed E-state index contributed by atoms with van der Waals surface area (Å²) < 4.78 is 25.2. The van der Waals surface area contributed by atoms with Gasteiger partial charge in [0.05, 0.1) is 17.5 Å². The molecule has 1 saturated heterocycles. The van der Waals surface area contributed by atoms with E-state index in [-0.39, 0.29) is 10.8 Å². The van der Waals surface area contributed by atoms with Crippen LogP contribution in [0.1, 0.15) is 26.2 Å². The van der Waals surface area contributed by atoms with Gasteiger partial charge >= 0.3 is 0 Å². The first-order chi connectivity index (χ1) is 10.8. The van der Waals surface area contributed by atoms with Crippen molar-refractivity contribution in [2.24, 2.45) is 0 Å². The van der Waals surface area contributed by atoms with Crippen molar-refractivity contribution in [1.82, 2.24) is 4.31 Å². The van der Waals surface area contributed by atoms with Crippen molar-refractivity contribution in [2.75, 3.05) is 32.5 Å². The highest BCUT2D eigenvalue weighted by Crippen LogP contribution is 2.16. The Balaban J connectivity index is 1.97. The summed E-state index contributed by atoms with van der Waals surface area (Å²) in [6.45, 7) is 3.68. The predicted molar refractivity (Wildman–Crippen MR) is 90.0 cm³/mol. The van der Waals surface area contributed by atoms with Crippen molar-refractivity contribution >= 4 is 21.6 Å². The zero-order valence-electron chi connectivity index (χ0n) is 14.0. The van der Waals surface area contributed by atoms with Gasteiger partial charge in [0.25, 0.3) is 5.91 Å². The zero-order chi connectivity index (χ0) is 17.0. The Morgan fingerprint density at radius 1 is 1.26 bits per heavy atom. The first kappa shape index (κ1) is 17.9. The Morgan fingerprint density at radius 3 is 2.48 bits per heavy atom. The fraction of sp³-hybridized carbons (Fsp3) is 0.562. The first-order valence-electron chi connectivity index (χ1n) is 7.97. The van der Waals surface area contributed by atoms with Gasteiger partial charge in [-0.2, -0.15) is 0 Å². The van der Waals surface area contributed by atoms with Crippen LogP contribution in [0.3, 0.4) is 0 Å². The maximum atomic E-state index is 12.2. The molecule has 1 aliphatic heterocycles. The first-order valence-corrected chi connectivity index (χ1v) is 9.41. The van der Waals surface area contributed by atoms with Gasteiger partial charge in [0, 0.05) is 19.8 Å². The second kappa shape index (κ2) is 7.42. The van der Waals surface area contributed by atoms with Crippen LogP contribution in [0.15, 0.2) is 29.2 Å². The highest BCUT2D eigenvalue weighted by Gasteiger charge is 2.24. The van der Waals surface area contributed by atoms with Crippen molar-refractivity contribution < 1.29 is 18.1 Å². The van der Waals surface area contributed by atoms with E-state index in [0.29, 0.717) is 18.3 Å². The number of hydrogen-bond acceptors (Lipinski definition) is 3.